The van der Waals surface area contributed by atoms with Gasteiger partial charge >= 0.3 is 0 Å². The molecule has 118 valence electrons. The van der Waals surface area contributed by atoms with Crippen LogP contribution in [0.2, 0.25) is 10.0 Å². The number of benzene rings is 1. The van der Waals surface area contributed by atoms with Crippen LogP contribution in [0.4, 0.5) is 5.82 Å². The molecule has 1 aliphatic heterocycles. The highest BCUT2D eigenvalue weighted by Gasteiger charge is 2.16. The van der Waals surface area contributed by atoms with Gasteiger partial charge in [-0.25, -0.2) is 4.68 Å². The van der Waals surface area contributed by atoms with Crippen LogP contribution in [-0.2, 0) is 6.42 Å². The fraction of sp³-hybridized carbons (Fsp3) is 0.467. The van der Waals surface area contributed by atoms with E-state index < -0.39 is 0 Å². The van der Waals surface area contributed by atoms with Crippen LogP contribution in [0.5, 0.6) is 0 Å². The van der Waals surface area contributed by atoms with Gasteiger partial charge in [0.2, 0.25) is 0 Å². The van der Waals surface area contributed by atoms with Crippen LogP contribution in [0.1, 0.15) is 25.0 Å². The lowest BCUT2D eigenvalue weighted by molar-refractivity contribution is 0.230. The summed E-state index contributed by atoms with van der Waals surface area (Å²) >= 11 is 12.1. The topological polar surface area (TPSA) is 60.0 Å². The second-order valence-corrected chi connectivity index (χ2v) is 6.40. The van der Waals surface area contributed by atoms with E-state index >= 15 is 0 Å². The van der Waals surface area contributed by atoms with Crippen molar-refractivity contribution in [2.75, 3.05) is 25.4 Å². The molecule has 0 atom stereocenters. The molecular weight excluding hydrogens is 321 g/mol. The van der Waals surface area contributed by atoms with Gasteiger partial charge in [0.15, 0.2) is 5.82 Å². The van der Waals surface area contributed by atoms with E-state index in [1.807, 2.05) is 6.07 Å². The molecule has 0 spiro atoms. The first-order valence-electron chi connectivity index (χ1n) is 7.53. The zero-order valence-electron chi connectivity index (χ0n) is 12.3. The van der Waals surface area contributed by atoms with Crippen molar-refractivity contribution in [1.82, 2.24) is 19.9 Å². The molecule has 5 nitrogen and oxygen atoms in total. The number of halogens is 2. The molecule has 0 amide bonds. The van der Waals surface area contributed by atoms with E-state index in [9.17, 15) is 0 Å². The summed E-state index contributed by atoms with van der Waals surface area (Å²) < 4.78 is 1.75. The van der Waals surface area contributed by atoms with Gasteiger partial charge in [-0.2, -0.15) is 0 Å². The molecule has 2 aromatic rings. The normalized spacial score (nSPS) is 16.1. The minimum Gasteiger partial charge on any atom is -0.381 e. The number of hydrogen-bond donors (Lipinski definition) is 1. The number of aromatic nitrogens is 3. The quantitative estimate of drug-likeness (QED) is 0.929. The number of piperidine rings is 1. The average molecular weight is 340 g/mol. The molecule has 1 aliphatic rings. The fourth-order valence-corrected chi connectivity index (χ4v) is 3.11. The molecule has 1 saturated heterocycles. The standard InChI is InChI=1S/C15H19Cl2N5/c16-12-5-4-11(10-13(12)17)22-14(15(18)19-20-22)6-9-21-7-2-1-3-8-21/h4-5,10H,1-3,6-9,18H2. The molecule has 0 saturated carbocycles. The first-order valence-corrected chi connectivity index (χ1v) is 8.28. The van der Waals surface area contributed by atoms with E-state index in [0.717, 1.165) is 37.4 Å². The third-order valence-electron chi connectivity index (χ3n) is 4.05. The van der Waals surface area contributed by atoms with Gasteiger partial charge in [-0.15, -0.1) is 5.10 Å². The number of nitrogens with zero attached hydrogens (tertiary/aromatic N) is 4. The van der Waals surface area contributed by atoms with Crippen LogP contribution >= 0.6 is 23.2 Å². The number of hydrogen-bond acceptors (Lipinski definition) is 4. The lowest BCUT2D eigenvalue weighted by Crippen LogP contribution is -2.32. The highest BCUT2D eigenvalue weighted by molar-refractivity contribution is 6.42. The predicted octanol–water partition coefficient (Wildman–Crippen LogP) is 3.18. The molecule has 0 bridgehead atoms. The Hall–Kier alpha value is -1.30. The molecule has 3 rings (SSSR count). The van der Waals surface area contributed by atoms with Crippen LogP contribution in [0.25, 0.3) is 5.69 Å². The van der Waals surface area contributed by atoms with Crippen molar-refractivity contribution >= 4 is 29.0 Å². The number of nitrogen functional groups attached to an aromatic ring is 1. The Balaban J connectivity index is 1.79. The zero-order valence-corrected chi connectivity index (χ0v) is 13.8. The van der Waals surface area contributed by atoms with Crippen LogP contribution < -0.4 is 5.73 Å². The molecule has 0 aliphatic carbocycles. The maximum atomic E-state index is 6.09. The summed E-state index contributed by atoms with van der Waals surface area (Å²) in [7, 11) is 0. The number of nitrogens with two attached hydrogens (primary N) is 1. The average Bonchev–Trinajstić information content (AvgIpc) is 2.90. The van der Waals surface area contributed by atoms with Crippen molar-refractivity contribution in [2.45, 2.75) is 25.7 Å². The third kappa shape index (κ3) is 3.37. The first-order chi connectivity index (χ1) is 10.6. The summed E-state index contributed by atoms with van der Waals surface area (Å²) in [6.07, 6.45) is 4.71. The van der Waals surface area contributed by atoms with Crippen LogP contribution in [0.3, 0.4) is 0 Å². The summed E-state index contributed by atoms with van der Waals surface area (Å²) in [6, 6.07) is 5.40. The molecule has 1 aromatic carbocycles. The van der Waals surface area contributed by atoms with Crippen molar-refractivity contribution in [3.63, 3.8) is 0 Å². The Bertz CT molecular complexity index is 649. The van der Waals surface area contributed by atoms with Crippen LogP contribution in [-0.4, -0.2) is 39.5 Å². The molecule has 1 aromatic heterocycles. The summed E-state index contributed by atoms with van der Waals surface area (Å²) in [6.45, 7) is 3.29. The molecular formula is C15H19Cl2N5. The smallest absolute Gasteiger partial charge is 0.169 e. The molecule has 7 heteroatoms. The Labute approximate surface area is 140 Å². The lowest BCUT2D eigenvalue weighted by Gasteiger charge is -2.26. The van der Waals surface area contributed by atoms with Crippen molar-refractivity contribution in [1.29, 1.82) is 0 Å². The van der Waals surface area contributed by atoms with Gasteiger partial charge in [-0.3, -0.25) is 0 Å². The van der Waals surface area contributed by atoms with Gasteiger partial charge in [0.25, 0.3) is 0 Å². The zero-order chi connectivity index (χ0) is 15.5. The number of rotatable bonds is 4. The van der Waals surface area contributed by atoms with E-state index in [-0.39, 0.29) is 0 Å². The molecule has 22 heavy (non-hydrogen) atoms. The van der Waals surface area contributed by atoms with Gasteiger partial charge in [0, 0.05) is 13.0 Å². The number of likely N-dealkylation sites (tertiary alicyclic amines) is 1. The minimum atomic E-state index is 0.475. The maximum Gasteiger partial charge on any atom is 0.169 e. The molecule has 2 N–H and O–H groups in total. The maximum absolute atomic E-state index is 6.09. The second kappa shape index (κ2) is 6.86. The van der Waals surface area contributed by atoms with Gasteiger partial charge in [-0.1, -0.05) is 34.8 Å². The highest BCUT2D eigenvalue weighted by atomic mass is 35.5. The second-order valence-electron chi connectivity index (χ2n) is 5.58. The largest absolute Gasteiger partial charge is 0.381 e. The van der Waals surface area contributed by atoms with E-state index in [2.05, 4.69) is 15.2 Å². The Kier molecular flexibility index (Phi) is 4.86. The van der Waals surface area contributed by atoms with E-state index in [4.69, 9.17) is 28.9 Å². The van der Waals surface area contributed by atoms with Crippen molar-refractivity contribution in [2.24, 2.45) is 0 Å². The summed E-state index contributed by atoms with van der Waals surface area (Å²) in [5.41, 5.74) is 7.74. The van der Waals surface area contributed by atoms with Gasteiger partial charge in [0.1, 0.15) is 0 Å². The van der Waals surface area contributed by atoms with E-state index in [1.54, 1.807) is 16.8 Å². The molecule has 2 heterocycles. The van der Waals surface area contributed by atoms with Crippen molar-refractivity contribution in [3.8, 4) is 5.69 Å². The summed E-state index contributed by atoms with van der Waals surface area (Å²) in [5, 5.41) is 9.16. The predicted molar refractivity (Wildman–Crippen MR) is 89.8 cm³/mol. The van der Waals surface area contributed by atoms with E-state index in [0.29, 0.717) is 15.9 Å². The monoisotopic (exact) mass is 339 g/mol. The first kappa shape index (κ1) is 15.6. The van der Waals surface area contributed by atoms with Gasteiger partial charge in [-0.05, 0) is 44.1 Å². The highest BCUT2D eigenvalue weighted by Crippen LogP contribution is 2.25. The third-order valence-corrected chi connectivity index (χ3v) is 4.79. The lowest BCUT2D eigenvalue weighted by atomic mass is 10.1. The fourth-order valence-electron chi connectivity index (χ4n) is 2.82. The Morgan fingerprint density at radius 1 is 1.09 bits per heavy atom. The molecule has 0 radical (unpaired) electrons. The number of anilines is 1. The molecule has 0 unspecified atom stereocenters. The Morgan fingerprint density at radius 3 is 2.59 bits per heavy atom. The summed E-state index contributed by atoms with van der Waals surface area (Å²) in [4.78, 5) is 2.47. The van der Waals surface area contributed by atoms with Crippen molar-refractivity contribution < 1.29 is 0 Å². The summed E-state index contributed by atoms with van der Waals surface area (Å²) in [5.74, 6) is 0.475. The van der Waals surface area contributed by atoms with Crippen molar-refractivity contribution in [3.05, 3.63) is 33.9 Å². The van der Waals surface area contributed by atoms with Gasteiger partial charge < -0.3 is 10.6 Å². The minimum absolute atomic E-state index is 0.475. The van der Waals surface area contributed by atoms with Gasteiger partial charge in [0.05, 0.1) is 21.4 Å². The van der Waals surface area contributed by atoms with Crippen LogP contribution in [0.15, 0.2) is 18.2 Å². The molecule has 1 fully saturated rings. The van der Waals surface area contributed by atoms with E-state index in [1.165, 1.54) is 19.3 Å². The Morgan fingerprint density at radius 2 is 1.86 bits per heavy atom. The SMILES string of the molecule is Nc1nnn(-c2ccc(Cl)c(Cl)c2)c1CCN1CCCCC1. The van der Waals surface area contributed by atoms with Crippen LogP contribution in [0, 0.1) is 0 Å².